The van der Waals surface area contributed by atoms with Gasteiger partial charge in [-0.15, -0.1) is 0 Å². The Morgan fingerprint density at radius 1 is 0.879 bits per heavy atom. The first kappa shape index (κ1) is 43.8. The minimum atomic E-state index is -4.13. The number of fused-ring (bicyclic) bond motifs is 2. The van der Waals surface area contributed by atoms with Crippen molar-refractivity contribution in [2.75, 3.05) is 48.9 Å². The molecule has 4 saturated heterocycles. The van der Waals surface area contributed by atoms with Crippen molar-refractivity contribution in [3.63, 3.8) is 0 Å². The van der Waals surface area contributed by atoms with Crippen molar-refractivity contribution in [3.8, 4) is 11.1 Å². The van der Waals surface area contributed by atoms with Gasteiger partial charge >= 0.3 is 10.2 Å². The maximum absolute atomic E-state index is 15.9. The number of halogens is 2. The van der Waals surface area contributed by atoms with Crippen LogP contribution < -0.4 is 14.9 Å². The van der Waals surface area contributed by atoms with E-state index in [1.165, 1.54) is 16.1 Å². The third-order valence-electron chi connectivity index (χ3n) is 14.4. The van der Waals surface area contributed by atoms with Crippen LogP contribution in [0.4, 0.5) is 20.2 Å². The largest absolute Gasteiger partial charge is 0.372 e. The van der Waals surface area contributed by atoms with Crippen LogP contribution in [0.25, 0.3) is 22.2 Å². The Labute approximate surface area is 381 Å². The minimum absolute atomic E-state index is 0.00796. The Morgan fingerprint density at radius 3 is 2.38 bits per heavy atom. The highest BCUT2D eigenvalue weighted by atomic mass is 32.2. The van der Waals surface area contributed by atoms with Gasteiger partial charge in [0.1, 0.15) is 17.5 Å². The van der Waals surface area contributed by atoms with Crippen LogP contribution in [0.2, 0.25) is 0 Å². The van der Waals surface area contributed by atoms with Gasteiger partial charge in [0.2, 0.25) is 17.6 Å². The molecule has 0 bridgehead atoms. The topological polar surface area (TPSA) is 168 Å². The van der Waals surface area contributed by atoms with E-state index >= 15 is 8.78 Å². The summed E-state index contributed by atoms with van der Waals surface area (Å²) >= 11 is 0. The van der Waals surface area contributed by atoms with Gasteiger partial charge in [-0.1, -0.05) is 24.3 Å². The number of amides is 3. The molecule has 5 aliphatic rings. The lowest BCUT2D eigenvalue weighted by Crippen LogP contribution is -2.52. The SMILES string of the molecule is C[C@H]1CCCN1S(=O)(=O)Nc1ccc(F)c(C(=O)c2c[nH]c3ncc(-c4ccc(N5CCC(CN6CCC(c7ccc8c(c7)CN([C@H]7CCC(=O)NC7=O)C8=O)CC6)CC5)cc4)cc23)c1F. The number of anilines is 2. The first-order valence-electron chi connectivity index (χ1n) is 23.0. The molecule has 10 rings (SSSR count). The predicted octanol–water partition coefficient (Wildman–Crippen LogP) is 6.74. The average Bonchev–Trinajstić information content (AvgIpc) is 4.04. The molecule has 0 saturated carbocycles. The van der Waals surface area contributed by atoms with Crippen molar-refractivity contribution < 1.29 is 36.4 Å². The van der Waals surface area contributed by atoms with Crippen LogP contribution in [-0.2, 0) is 26.3 Å². The summed E-state index contributed by atoms with van der Waals surface area (Å²) in [6, 6.07) is 17.1. The number of hydrogen-bond acceptors (Lipinski definition) is 9. The van der Waals surface area contributed by atoms with Crippen molar-refractivity contribution in [2.45, 2.75) is 82.8 Å². The molecule has 66 heavy (non-hydrogen) atoms. The van der Waals surface area contributed by atoms with E-state index in [2.05, 4.69) is 54.1 Å². The maximum atomic E-state index is 15.9. The fourth-order valence-corrected chi connectivity index (χ4v) is 12.2. The van der Waals surface area contributed by atoms with E-state index in [9.17, 15) is 27.6 Å². The molecule has 5 aromatic rings. The summed E-state index contributed by atoms with van der Waals surface area (Å²) in [5, 5.41) is 2.75. The molecule has 0 unspecified atom stereocenters. The Bertz CT molecular complexity index is 2860. The van der Waals surface area contributed by atoms with Gasteiger partial charge in [0.05, 0.1) is 11.3 Å². The summed E-state index contributed by atoms with van der Waals surface area (Å²) in [4.78, 5) is 65.2. The molecular formula is C49H52F2N8O6S. The molecule has 17 heteroatoms. The zero-order chi connectivity index (χ0) is 45.9. The Balaban J connectivity index is 0.731. The highest BCUT2D eigenvalue weighted by Gasteiger charge is 2.40. The number of carbonyl (C=O) groups is 4. The number of pyridine rings is 1. The fraction of sp³-hybridized carbons (Fsp3) is 0.408. The van der Waals surface area contributed by atoms with E-state index in [4.69, 9.17) is 0 Å². The summed E-state index contributed by atoms with van der Waals surface area (Å²) in [6.45, 7) is 7.44. The normalized spacial score (nSPS) is 21.5. The standard InChI is InChI=1S/C49H52F2N8O6S/c1-29-3-2-18-59(29)66(64,65)55-41-11-10-40(50)44(45(41)51)46(61)39-26-53-47-38(39)24-34(25-52-47)31-4-7-36(8-5-31)57-21-14-30(15-22-57)27-56-19-16-32(17-20-56)33-6-9-37-35(23-33)28-58(49(37)63)42-12-13-43(60)54-48(42)62/h4-11,23-26,29-30,32,42,55H,2-3,12-22,27-28H2,1H3,(H,52,53)(H,54,60,62)/t29-,42-/m0/s1. The van der Waals surface area contributed by atoms with Crippen molar-refractivity contribution >= 4 is 56.1 Å². The molecule has 0 spiro atoms. The molecule has 4 fully saturated rings. The molecule has 3 aromatic carbocycles. The highest BCUT2D eigenvalue weighted by Crippen LogP contribution is 2.36. The molecule has 2 aromatic heterocycles. The van der Waals surface area contributed by atoms with Gasteiger partial charge in [-0.2, -0.15) is 12.7 Å². The monoisotopic (exact) mass is 918 g/mol. The van der Waals surface area contributed by atoms with E-state index in [0.717, 1.165) is 92.9 Å². The van der Waals surface area contributed by atoms with Crippen molar-refractivity contribution in [2.24, 2.45) is 5.92 Å². The van der Waals surface area contributed by atoms with Crippen molar-refractivity contribution in [3.05, 3.63) is 113 Å². The summed E-state index contributed by atoms with van der Waals surface area (Å²) in [5.41, 5.74) is 4.56. The second kappa shape index (κ2) is 17.6. The van der Waals surface area contributed by atoms with Crippen LogP contribution in [0.15, 0.2) is 73.1 Å². The molecule has 3 N–H and O–H groups in total. The Hall–Kier alpha value is -6.04. The second-order valence-electron chi connectivity index (χ2n) is 18.5. The number of piperidine rings is 3. The van der Waals surface area contributed by atoms with Crippen LogP contribution in [-0.4, -0.2) is 107 Å². The molecule has 0 aliphatic carbocycles. The van der Waals surface area contributed by atoms with E-state index in [1.54, 1.807) is 24.1 Å². The van der Waals surface area contributed by atoms with Crippen LogP contribution in [0.1, 0.15) is 102 Å². The average molecular weight is 919 g/mol. The summed E-state index contributed by atoms with van der Waals surface area (Å²) < 4.78 is 60.6. The third kappa shape index (κ3) is 8.36. The minimum Gasteiger partial charge on any atom is -0.372 e. The number of benzene rings is 3. The summed E-state index contributed by atoms with van der Waals surface area (Å²) in [6.07, 6.45) is 9.26. The van der Waals surface area contributed by atoms with E-state index in [1.807, 2.05) is 18.2 Å². The number of nitrogens with one attached hydrogen (secondary N) is 3. The zero-order valence-corrected chi connectivity index (χ0v) is 37.5. The molecule has 344 valence electrons. The van der Waals surface area contributed by atoms with Crippen LogP contribution in [0.3, 0.4) is 0 Å². The fourth-order valence-electron chi connectivity index (χ4n) is 10.7. The lowest BCUT2D eigenvalue weighted by Gasteiger charge is -2.38. The molecule has 14 nitrogen and oxygen atoms in total. The number of imide groups is 1. The van der Waals surface area contributed by atoms with Gasteiger partial charge in [-0.05, 0) is 130 Å². The lowest BCUT2D eigenvalue weighted by molar-refractivity contribution is -0.136. The van der Waals surface area contributed by atoms with E-state index in [0.29, 0.717) is 54.2 Å². The van der Waals surface area contributed by atoms with Gasteiger partial charge in [0, 0.05) is 85.3 Å². The number of rotatable bonds is 11. The molecule has 5 aliphatic heterocycles. The predicted molar refractivity (Wildman–Crippen MR) is 245 cm³/mol. The molecule has 2 atom stereocenters. The van der Waals surface area contributed by atoms with Gasteiger partial charge < -0.3 is 19.7 Å². The number of H-pyrrole nitrogens is 1. The smallest absolute Gasteiger partial charge is 0.301 e. The maximum Gasteiger partial charge on any atom is 0.301 e. The first-order chi connectivity index (χ1) is 31.8. The number of ketones is 1. The lowest BCUT2D eigenvalue weighted by atomic mass is 9.87. The van der Waals surface area contributed by atoms with Gasteiger partial charge in [-0.25, -0.2) is 13.8 Å². The van der Waals surface area contributed by atoms with Gasteiger partial charge in [0.15, 0.2) is 5.82 Å². The second-order valence-corrected chi connectivity index (χ2v) is 20.1. The van der Waals surface area contributed by atoms with Crippen molar-refractivity contribution in [1.82, 2.24) is 29.4 Å². The van der Waals surface area contributed by atoms with E-state index in [-0.39, 0.29) is 36.4 Å². The molecule has 0 radical (unpaired) electrons. The Morgan fingerprint density at radius 2 is 1.65 bits per heavy atom. The van der Waals surface area contributed by atoms with Crippen LogP contribution in [0.5, 0.6) is 0 Å². The number of hydrogen-bond donors (Lipinski definition) is 3. The number of aromatic amines is 1. The third-order valence-corrected chi connectivity index (χ3v) is 16.1. The Kier molecular flexibility index (Phi) is 11.7. The number of aromatic nitrogens is 2. The summed E-state index contributed by atoms with van der Waals surface area (Å²) in [5.74, 6) is -3.13. The van der Waals surface area contributed by atoms with Crippen LogP contribution in [0, 0.1) is 17.6 Å². The first-order valence-corrected chi connectivity index (χ1v) is 24.4. The van der Waals surface area contributed by atoms with Crippen LogP contribution >= 0.6 is 0 Å². The highest BCUT2D eigenvalue weighted by molar-refractivity contribution is 7.90. The summed E-state index contributed by atoms with van der Waals surface area (Å²) in [7, 11) is -4.13. The molecular weight excluding hydrogens is 867 g/mol. The number of likely N-dealkylation sites (tertiary alicyclic amines) is 1. The zero-order valence-electron chi connectivity index (χ0n) is 36.7. The quantitative estimate of drug-likeness (QED) is 0.0961. The molecule has 7 heterocycles. The molecule has 3 amide bonds. The van der Waals surface area contributed by atoms with Gasteiger partial charge in [0.25, 0.3) is 5.91 Å². The number of nitrogens with zero attached hydrogens (tertiary/aromatic N) is 5. The van der Waals surface area contributed by atoms with E-state index < -0.39 is 50.8 Å². The van der Waals surface area contributed by atoms with Gasteiger partial charge in [-0.3, -0.25) is 29.2 Å². The number of carbonyl (C=O) groups excluding carboxylic acids is 4. The van der Waals surface area contributed by atoms with Crippen molar-refractivity contribution in [1.29, 1.82) is 0 Å².